The molecule has 60 valence electrons. The van der Waals surface area contributed by atoms with E-state index >= 15 is 0 Å². The van der Waals surface area contributed by atoms with Gasteiger partial charge in [-0.25, -0.2) is 8.78 Å². The van der Waals surface area contributed by atoms with Crippen LogP contribution in [0.2, 0.25) is 0 Å². The molecule has 0 aromatic carbocycles. The molecule has 0 fully saturated rings. The molecule has 10 heavy (non-hydrogen) atoms. The first-order chi connectivity index (χ1) is 4.77. The van der Waals surface area contributed by atoms with Gasteiger partial charge in [-0.05, 0) is 6.42 Å². The van der Waals surface area contributed by atoms with Crippen LogP contribution >= 0.6 is 0 Å². The Morgan fingerprint density at radius 2 is 2.00 bits per heavy atom. The number of allylic oxidation sites excluding steroid dienone is 2. The fourth-order valence-electron chi connectivity index (χ4n) is 0.303. The van der Waals surface area contributed by atoms with Crippen molar-refractivity contribution < 1.29 is 8.78 Å². The van der Waals surface area contributed by atoms with Gasteiger partial charge in [0.1, 0.15) is 0 Å². The second-order valence-corrected chi connectivity index (χ2v) is 1.42. The number of rotatable bonds is 3. The van der Waals surface area contributed by atoms with Crippen LogP contribution in [0.5, 0.6) is 0 Å². The minimum Gasteiger partial charge on any atom is -0.216 e. The topological polar surface area (TPSA) is 0 Å². The molecule has 0 aliphatic rings. The van der Waals surface area contributed by atoms with Gasteiger partial charge >= 0.3 is 0 Å². The van der Waals surface area contributed by atoms with Gasteiger partial charge in [-0.2, -0.15) is 0 Å². The zero-order chi connectivity index (χ0) is 8.41. The number of hydrogen-bond donors (Lipinski definition) is 0. The zero-order valence-electron chi connectivity index (χ0n) is 6.53. The monoisotopic (exact) mass is 148 g/mol. The predicted molar refractivity (Wildman–Crippen MR) is 41.1 cm³/mol. The van der Waals surface area contributed by atoms with Crippen LogP contribution in [-0.4, -0.2) is 0 Å². The molecular formula is C8H14F2. The van der Waals surface area contributed by atoms with Crippen LogP contribution < -0.4 is 0 Å². The van der Waals surface area contributed by atoms with E-state index < -0.39 is 5.83 Å². The molecule has 0 N–H and O–H groups in total. The molecule has 0 atom stereocenters. The molecule has 0 aromatic rings. The summed E-state index contributed by atoms with van der Waals surface area (Å²) in [6.07, 6.45) is 2.28. The second kappa shape index (κ2) is 11.2. The highest BCUT2D eigenvalue weighted by Crippen LogP contribution is 2.02. The van der Waals surface area contributed by atoms with Gasteiger partial charge in [0.05, 0.1) is 12.2 Å². The third-order valence-corrected chi connectivity index (χ3v) is 0.671. The van der Waals surface area contributed by atoms with E-state index in [0.717, 1.165) is 0 Å². The van der Waals surface area contributed by atoms with Crippen molar-refractivity contribution in [2.45, 2.75) is 26.7 Å². The number of hydrogen-bond acceptors (Lipinski definition) is 0. The average molecular weight is 148 g/mol. The lowest BCUT2D eigenvalue weighted by atomic mass is 10.3. The van der Waals surface area contributed by atoms with Crippen LogP contribution in [0.1, 0.15) is 26.7 Å². The summed E-state index contributed by atoms with van der Waals surface area (Å²) in [5.41, 5.74) is 0. The number of halogens is 2. The molecular weight excluding hydrogens is 134 g/mol. The van der Waals surface area contributed by atoms with Gasteiger partial charge in [0.25, 0.3) is 0 Å². The molecule has 0 saturated carbocycles. The Bertz CT molecular complexity index is 95.4. The SMILES string of the molecule is C=C(F)CC/C=C/F.CC. The van der Waals surface area contributed by atoms with E-state index in [9.17, 15) is 8.78 Å². The van der Waals surface area contributed by atoms with Crippen molar-refractivity contribution >= 4 is 0 Å². The quantitative estimate of drug-likeness (QED) is 0.571. The highest BCUT2D eigenvalue weighted by atomic mass is 19.1. The highest BCUT2D eigenvalue weighted by molar-refractivity contribution is 4.84. The van der Waals surface area contributed by atoms with E-state index in [0.29, 0.717) is 12.8 Å². The first-order valence-electron chi connectivity index (χ1n) is 3.36. The molecule has 0 bridgehead atoms. The fraction of sp³-hybridized carbons (Fsp3) is 0.500. The third kappa shape index (κ3) is 15.7. The summed E-state index contributed by atoms with van der Waals surface area (Å²) in [5, 5.41) is 0. The Morgan fingerprint density at radius 1 is 1.50 bits per heavy atom. The van der Waals surface area contributed by atoms with E-state index in [4.69, 9.17) is 0 Å². The minimum atomic E-state index is -0.400. The fourth-order valence-corrected chi connectivity index (χ4v) is 0.303. The van der Waals surface area contributed by atoms with Gasteiger partial charge < -0.3 is 0 Å². The lowest BCUT2D eigenvalue weighted by molar-refractivity contribution is 0.594. The van der Waals surface area contributed by atoms with Crippen molar-refractivity contribution in [3.63, 3.8) is 0 Å². The van der Waals surface area contributed by atoms with Crippen LogP contribution in [0.3, 0.4) is 0 Å². The second-order valence-electron chi connectivity index (χ2n) is 1.42. The van der Waals surface area contributed by atoms with Crippen molar-refractivity contribution in [1.29, 1.82) is 0 Å². The van der Waals surface area contributed by atoms with Gasteiger partial charge in [0.2, 0.25) is 0 Å². The summed E-state index contributed by atoms with van der Waals surface area (Å²) in [5.74, 6) is -0.400. The summed E-state index contributed by atoms with van der Waals surface area (Å²) in [6, 6.07) is 0. The molecule has 0 amide bonds. The Kier molecular flexibility index (Phi) is 13.5. The van der Waals surface area contributed by atoms with Crippen LogP contribution in [0, 0.1) is 0 Å². The average Bonchev–Trinajstić information content (AvgIpc) is 1.92. The van der Waals surface area contributed by atoms with Crippen molar-refractivity contribution in [1.82, 2.24) is 0 Å². The third-order valence-electron chi connectivity index (χ3n) is 0.671. The minimum absolute atomic E-state index is 0.223. The van der Waals surface area contributed by atoms with E-state index in [1.165, 1.54) is 6.08 Å². The van der Waals surface area contributed by atoms with Gasteiger partial charge in [0, 0.05) is 6.42 Å². The van der Waals surface area contributed by atoms with Crippen LogP contribution in [0.25, 0.3) is 0 Å². The van der Waals surface area contributed by atoms with E-state index in [2.05, 4.69) is 6.58 Å². The normalized spacial score (nSPS) is 8.80. The summed E-state index contributed by atoms with van der Waals surface area (Å²) < 4.78 is 22.8. The first kappa shape index (κ1) is 12.1. The summed E-state index contributed by atoms with van der Waals surface area (Å²) >= 11 is 0. The molecule has 0 spiro atoms. The maximum absolute atomic E-state index is 11.7. The van der Waals surface area contributed by atoms with Crippen molar-refractivity contribution in [2.24, 2.45) is 0 Å². The van der Waals surface area contributed by atoms with Crippen molar-refractivity contribution in [3.8, 4) is 0 Å². The van der Waals surface area contributed by atoms with E-state index in [-0.39, 0.29) is 6.42 Å². The van der Waals surface area contributed by atoms with E-state index in [1.54, 1.807) is 0 Å². The molecule has 0 rings (SSSR count). The molecule has 2 heteroatoms. The van der Waals surface area contributed by atoms with Crippen molar-refractivity contribution in [2.75, 3.05) is 0 Å². The van der Waals surface area contributed by atoms with Crippen molar-refractivity contribution in [3.05, 3.63) is 24.8 Å². The Hall–Kier alpha value is -0.660. The summed E-state index contributed by atoms with van der Waals surface area (Å²) in [6.45, 7) is 7.00. The molecule has 0 heterocycles. The first-order valence-corrected chi connectivity index (χ1v) is 3.36. The van der Waals surface area contributed by atoms with Gasteiger partial charge in [-0.1, -0.05) is 26.5 Å². The standard InChI is InChI=1S/C6H8F2.C2H6/c1-6(8)4-2-3-5-7;1-2/h3,5H,1-2,4H2;1-2H3/b5-3+;. The zero-order valence-corrected chi connectivity index (χ0v) is 6.53. The van der Waals surface area contributed by atoms with Crippen LogP contribution in [0.15, 0.2) is 24.8 Å². The Balaban J connectivity index is 0. The molecule has 0 unspecified atom stereocenters. The maximum Gasteiger partial charge on any atom is 0.0931 e. The largest absolute Gasteiger partial charge is 0.216 e. The molecule has 0 aliphatic heterocycles. The van der Waals surface area contributed by atoms with Gasteiger partial charge in [0.15, 0.2) is 0 Å². The van der Waals surface area contributed by atoms with E-state index in [1.807, 2.05) is 13.8 Å². The van der Waals surface area contributed by atoms with Gasteiger partial charge in [-0.3, -0.25) is 0 Å². The molecule has 0 aromatic heterocycles. The van der Waals surface area contributed by atoms with Gasteiger partial charge in [-0.15, -0.1) is 0 Å². The Morgan fingerprint density at radius 3 is 2.30 bits per heavy atom. The lowest BCUT2D eigenvalue weighted by Gasteiger charge is -1.85. The molecule has 0 saturated heterocycles. The lowest BCUT2D eigenvalue weighted by Crippen LogP contribution is -1.67. The molecule has 0 radical (unpaired) electrons. The van der Waals surface area contributed by atoms with Crippen LogP contribution in [0.4, 0.5) is 8.78 Å². The smallest absolute Gasteiger partial charge is 0.0931 e. The Labute approximate surface area is 61.3 Å². The highest BCUT2D eigenvalue weighted by Gasteiger charge is 1.84. The molecule has 0 nitrogen and oxygen atoms in total. The predicted octanol–water partition coefficient (Wildman–Crippen LogP) is 3.76. The molecule has 0 aliphatic carbocycles. The maximum atomic E-state index is 11.7. The van der Waals surface area contributed by atoms with Crippen LogP contribution in [-0.2, 0) is 0 Å². The summed E-state index contributed by atoms with van der Waals surface area (Å²) in [7, 11) is 0. The summed E-state index contributed by atoms with van der Waals surface area (Å²) in [4.78, 5) is 0.